The standard InChI is InChI=1S/C51H56ClF3N6O10S3/c52-37-16-12-34(13-17-37)43-10-4-5-11-44(43)47(62)35-22-27-61(28-23-35)39-18-14-36(15-19-39)48(63)59-74(69,70)42-20-21-45(46(32-42)73(67,68)51(53,54)55)58-38(33-72-41-8-2-1-3-9-41)31-40-7-6-26-60(40)29-30-71-50(66)57-25-24-56-49(64)65/h1-5,8-21,32,35,38,40,47,56,58,62H,6-7,22-31,33H2,(H,57,66)(H,59,63)(H,64,65)/t38?,40-,47?/m0/s1. The van der Waals surface area contributed by atoms with Crippen molar-refractivity contribution in [2.24, 2.45) is 5.92 Å². The van der Waals surface area contributed by atoms with E-state index in [2.05, 4.69) is 20.9 Å². The highest BCUT2D eigenvalue weighted by Crippen LogP contribution is 2.39. The molecule has 2 saturated heterocycles. The van der Waals surface area contributed by atoms with E-state index in [1.54, 1.807) is 24.3 Å². The maximum absolute atomic E-state index is 14.4. The molecule has 3 atom stereocenters. The summed E-state index contributed by atoms with van der Waals surface area (Å²) in [6.45, 7) is 2.04. The lowest BCUT2D eigenvalue weighted by molar-refractivity contribution is -0.0436. The van der Waals surface area contributed by atoms with Gasteiger partial charge in [0.1, 0.15) is 11.5 Å². The largest absolute Gasteiger partial charge is 0.501 e. The number of likely N-dealkylation sites (tertiary alicyclic amines) is 1. The number of carbonyl (C=O) groups excluding carboxylic acids is 2. The fraction of sp³-hybridized carbons (Fsp3) is 0.353. The normalized spacial score (nSPS) is 16.5. The van der Waals surface area contributed by atoms with Gasteiger partial charge in [0.05, 0.1) is 16.7 Å². The molecule has 2 fully saturated rings. The fourth-order valence-electron chi connectivity index (χ4n) is 9.10. The van der Waals surface area contributed by atoms with Gasteiger partial charge in [-0.1, -0.05) is 66.2 Å². The molecule has 2 aliphatic rings. The first-order chi connectivity index (χ1) is 35.3. The number of aliphatic hydroxyl groups excluding tert-OH is 1. The van der Waals surface area contributed by atoms with Crippen molar-refractivity contribution < 1.29 is 59.3 Å². The highest BCUT2D eigenvalue weighted by Gasteiger charge is 2.48. The average Bonchev–Trinajstić information content (AvgIpc) is 3.83. The average molecular weight is 1100 g/mol. The number of amides is 3. The number of hydrogen-bond donors (Lipinski definition) is 6. The lowest BCUT2D eigenvalue weighted by Crippen LogP contribution is -2.39. The van der Waals surface area contributed by atoms with E-state index in [9.17, 15) is 49.5 Å². The zero-order valence-electron chi connectivity index (χ0n) is 39.8. The minimum atomic E-state index is -6.17. The number of nitrogens with one attached hydrogen (secondary N) is 4. The first-order valence-corrected chi connectivity index (χ1v) is 28.1. The second-order valence-electron chi connectivity index (χ2n) is 17.8. The minimum Gasteiger partial charge on any atom is -0.465 e. The summed E-state index contributed by atoms with van der Waals surface area (Å²) in [5, 5.41) is 28.4. The van der Waals surface area contributed by atoms with Crippen molar-refractivity contribution in [2.75, 3.05) is 61.8 Å². The molecule has 2 aliphatic heterocycles. The first kappa shape index (κ1) is 55.7. The number of carbonyl (C=O) groups is 3. The van der Waals surface area contributed by atoms with Crippen molar-refractivity contribution in [1.82, 2.24) is 20.3 Å². The van der Waals surface area contributed by atoms with E-state index in [0.29, 0.717) is 63.0 Å². The zero-order chi connectivity index (χ0) is 53.0. The van der Waals surface area contributed by atoms with Crippen LogP contribution in [0.25, 0.3) is 11.1 Å². The van der Waals surface area contributed by atoms with Gasteiger partial charge in [-0.2, -0.15) is 13.2 Å². The highest BCUT2D eigenvalue weighted by molar-refractivity contribution is 7.99. The van der Waals surface area contributed by atoms with Crippen molar-refractivity contribution in [2.45, 2.75) is 70.5 Å². The Kier molecular flexibility index (Phi) is 18.8. The lowest BCUT2D eigenvalue weighted by Gasteiger charge is -2.36. The van der Waals surface area contributed by atoms with Crippen molar-refractivity contribution in [3.63, 3.8) is 0 Å². The number of benzene rings is 5. The topological polar surface area (TPSA) is 224 Å². The number of thioether (sulfide) groups is 1. The Balaban J connectivity index is 1.01. The van der Waals surface area contributed by atoms with E-state index < -0.39 is 71.1 Å². The summed E-state index contributed by atoms with van der Waals surface area (Å²) >= 11 is 7.48. The molecule has 16 nitrogen and oxygen atoms in total. The minimum absolute atomic E-state index is 0.00626. The van der Waals surface area contributed by atoms with E-state index in [1.165, 1.54) is 23.9 Å². The first-order valence-electron chi connectivity index (χ1n) is 23.8. The molecular weight excluding hydrogens is 1050 g/mol. The van der Waals surface area contributed by atoms with Crippen molar-refractivity contribution in [3.05, 3.63) is 137 Å². The number of anilines is 2. The number of aliphatic hydroxyl groups is 1. The van der Waals surface area contributed by atoms with E-state index >= 15 is 0 Å². The Labute approximate surface area is 437 Å². The van der Waals surface area contributed by atoms with Crippen LogP contribution in [0.4, 0.5) is 34.1 Å². The summed E-state index contributed by atoms with van der Waals surface area (Å²) in [4.78, 5) is 38.9. The van der Waals surface area contributed by atoms with Gasteiger partial charge in [-0.05, 0) is 128 Å². The Morgan fingerprint density at radius 3 is 2.19 bits per heavy atom. The van der Waals surface area contributed by atoms with Crippen molar-refractivity contribution in [3.8, 4) is 11.1 Å². The second kappa shape index (κ2) is 25.0. The number of sulfone groups is 1. The number of rotatable bonds is 21. The Morgan fingerprint density at radius 1 is 0.824 bits per heavy atom. The Morgan fingerprint density at radius 2 is 1.50 bits per heavy atom. The van der Waals surface area contributed by atoms with Crippen LogP contribution in [0.15, 0.2) is 136 Å². The number of alkyl carbamates (subject to hydrolysis) is 1. The zero-order valence-corrected chi connectivity index (χ0v) is 43.0. The maximum Gasteiger partial charge on any atom is 0.501 e. The van der Waals surface area contributed by atoms with Crippen molar-refractivity contribution in [1.29, 1.82) is 0 Å². The molecule has 0 aromatic heterocycles. The maximum atomic E-state index is 14.4. The van der Waals surface area contributed by atoms with Crippen LogP contribution >= 0.6 is 23.4 Å². The third-order valence-corrected chi connectivity index (χ3v) is 17.2. The Bertz CT molecular complexity index is 2950. The number of nitrogens with zero attached hydrogens (tertiary/aromatic N) is 2. The van der Waals surface area contributed by atoms with Gasteiger partial charge in [0, 0.05) is 71.7 Å². The van der Waals surface area contributed by atoms with Crippen LogP contribution in [0.1, 0.15) is 54.1 Å². The van der Waals surface area contributed by atoms with Gasteiger partial charge in [-0.15, -0.1) is 11.8 Å². The number of piperidine rings is 1. The van der Waals surface area contributed by atoms with Crippen LogP contribution in [0.3, 0.4) is 0 Å². The van der Waals surface area contributed by atoms with E-state index in [-0.39, 0.29) is 43.0 Å². The van der Waals surface area contributed by atoms with Gasteiger partial charge in [-0.25, -0.2) is 31.1 Å². The lowest BCUT2D eigenvalue weighted by atomic mass is 9.84. The van der Waals surface area contributed by atoms with Gasteiger partial charge in [-0.3, -0.25) is 9.69 Å². The smallest absolute Gasteiger partial charge is 0.465 e. The molecule has 5 aromatic carbocycles. The van der Waals surface area contributed by atoms with Crippen LogP contribution in [-0.2, 0) is 24.6 Å². The van der Waals surface area contributed by atoms with Crippen LogP contribution in [0.5, 0.6) is 0 Å². The number of ether oxygens (including phenoxy) is 1. The monoisotopic (exact) mass is 1100 g/mol. The van der Waals surface area contributed by atoms with Crippen LogP contribution < -0.4 is 25.6 Å². The molecule has 7 rings (SSSR count). The number of hydrogen-bond acceptors (Lipinski definition) is 13. The van der Waals surface area contributed by atoms with E-state index in [1.807, 2.05) is 76.4 Å². The molecule has 2 heterocycles. The summed E-state index contributed by atoms with van der Waals surface area (Å²) in [5.74, 6) is -0.891. The van der Waals surface area contributed by atoms with Crippen molar-refractivity contribution >= 4 is 72.7 Å². The molecule has 6 N–H and O–H groups in total. The van der Waals surface area contributed by atoms with Crippen LogP contribution in [-0.4, -0.2) is 119 Å². The molecule has 0 spiro atoms. The van der Waals surface area contributed by atoms with Gasteiger partial charge in [0.2, 0.25) is 0 Å². The quantitative estimate of drug-likeness (QED) is 0.0299. The van der Waals surface area contributed by atoms with Crippen LogP contribution in [0, 0.1) is 5.92 Å². The summed E-state index contributed by atoms with van der Waals surface area (Å²) in [6, 6.07) is 31.7. The summed E-state index contributed by atoms with van der Waals surface area (Å²) < 4.78 is 104. The fourth-order valence-corrected chi connectivity index (χ4v) is 12.2. The second-order valence-corrected chi connectivity index (χ2v) is 22.9. The molecule has 0 saturated carbocycles. The SMILES string of the molecule is O=C(O)NCCNC(=O)OCCN1CCC[C@H]1CC(CSc1ccccc1)Nc1ccc(S(=O)(=O)NC(=O)c2ccc(N3CCC(C(O)c4ccccc4-c4ccc(Cl)cc4)CC3)cc2)cc1S(=O)(=O)C(F)(F)F. The van der Waals surface area contributed by atoms with Gasteiger partial charge >= 0.3 is 17.7 Å². The summed E-state index contributed by atoms with van der Waals surface area (Å²) in [7, 11) is -11.1. The molecule has 396 valence electrons. The molecule has 3 amide bonds. The van der Waals surface area contributed by atoms with E-state index in [4.69, 9.17) is 21.4 Å². The predicted molar refractivity (Wildman–Crippen MR) is 277 cm³/mol. The molecule has 23 heteroatoms. The number of halogens is 4. The Hall–Kier alpha value is -6.04. The molecule has 0 bridgehead atoms. The molecular formula is C51H56ClF3N6O10S3. The number of sulfonamides is 1. The molecule has 5 aromatic rings. The summed E-state index contributed by atoms with van der Waals surface area (Å²) in [6.07, 6.45) is 0.312. The molecule has 2 unspecified atom stereocenters. The molecule has 0 aliphatic carbocycles. The van der Waals surface area contributed by atoms with Crippen LogP contribution in [0.2, 0.25) is 5.02 Å². The number of alkyl halides is 3. The van der Waals surface area contributed by atoms with E-state index in [0.717, 1.165) is 45.8 Å². The third kappa shape index (κ3) is 14.6. The van der Waals surface area contributed by atoms with Gasteiger partial charge in [0.15, 0.2) is 0 Å². The number of carboxylic acid groups (broad SMARTS) is 1. The highest BCUT2D eigenvalue weighted by atomic mass is 35.5. The molecule has 74 heavy (non-hydrogen) atoms. The van der Waals surface area contributed by atoms with Gasteiger partial charge < -0.3 is 35.8 Å². The predicted octanol–water partition coefficient (Wildman–Crippen LogP) is 8.79. The summed E-state index contributed by atoms with van der Waals surface area (Å²) in [5.41, 5.74) is -3.00. The third-order valence-electron chi connectivity index (χ3n) is 12.9. The van der Waals surface area contributed by atoms with Gasteiger partial charge in [0.25, 0.3) is 25.8 Å². The molecule has 0 radical (unpaired) electrons.